The fraction of sp³-hybridized carbons (Fsp3) is 0.167. The second kappa shape index (κ2) is 7.31. The van der Waals surface area contributed by atoms with Crippen LogP contribution in [0, 0.1) is 0 Å². The van der Waals surface area contributed by atoms with E-state index in [9.17, 15) is 4.79 Å². The first kappa shape index (κ1) is 15.6. The van der Waals surface area contributed by atoms with Gasteiger partial charge in [-0.15, -0.1) is 0 Å². The molecule has 2 aromatic rings. The molecule has 4 heteroatoms. The Kier molecular flexibility index (Phi) is 5.20. The minimum atomic E-state index is -0.993. The van der Waals surface area contributed by atoms with Gasteiger partial charge in [-0.25, -0.2) is 4.79 Å². The summed E-state index contributed by atoms with van der Waals surface area (Å²) < 4.78 is 10.8. The van der Waals surface area contributed by atoms with Gasteiger partial charge in [0.05, 0.1) is 13.7 Å². The van der Waals surface area contributed by atoms with Gasteiger partial charge < -0.3 is 14.6 Å². The normalized spacial score (nSPS) is 11.1. The molecule has 0 unspecified atom stereocenters. The highest BCUT2D eigenvalue weighted by atomic mass is 16.5. The standard InChI is InChI=1S/C18H18O4/c1-3-22-17-11-14(9-10-16(17)21-2)15(12-18(19)20)13-7-5-4-6-8-13/h4-12H,3H2,1-2H3,(H,19,20). The van der Waals surface area contributed by atoms with Crippen LogP contribution in [0.15, 0.2) is 54.6 Å². The summed E-state index contributed by atoms with van der Waals surface area (Å²) in [5.74, 6) is 0.218. The molecule has 0 bridgehead atoms. The Balaban J connectivity index is 2.53. The summed E-state index contributed by atoms with van der Waals surface area (Å²) in [6.07, 6.45) is 1.20. The van der Waals surface area contributed by atoms with Crippen LogP contribution in [0.3, 0.4) is 0 Å². The van der Waals surface area contributed by atoms with E-state index in [0.717, 1.165) is 11.1 Å². The zero-order valence-corrected chi connectivity index (χ0v) is 12.6. The number of hydrogen-bond donors (Lipinski definition) is 1. The second-order valence-corrected chi connectivity index (χ2v) is 4.56. The van der Waals surface area contributed by atoms with Crippen LogP contribution in [-0.4, -0.2) is 24.8 Å². The summed E-state index contributed by atoms with van der Waals surface area (Å²) in [4.78, 5) is 11.2. The van der Waals surface area contributed by atoms with Crippen LogP contribution in [0.4, 0.5) is 0 Å². The maximum atomic E-state index is 11.2. The summed E-state index contributed by atoms with van der Waals surface area (Å²) in [5, 5.41) is 9.15. The van der Waals surface area contributed by atoms with Crippen molar-refractivity contribution in [3.8, 4) is 11.5 Å². The largest absolute Gasteiger partial charge is 0.493 e. The van der Waals surface area contributed by atoms with Crippen molar-refractivity contribution in [1.82, 2.24) is 0 Å². The van der Waals surface area contributed by atoms with Gasteiger partial charge in [-0.3, -0.25) is 0 Å². The van der Waals surface area contributed by atoms with Crippen LogP contribution in [0.2, 0.25) is 0 Å². The Labute approximate surface area is 129 Å². The Hall–Kier alpha value is -2.75. The van der Waals surface area contributed by atoms with Gasteiger partial charge in [-0.1, -0.05) is 36.4 Å². The molecule has 0 spiro atoms. The summed E-state index contributed by atoms with van der Waals surface area (Å²) in [6, 6.07) is 14.8. The van der Waals surface area contributed by atoms with Gasteiger partial charge in [-0.05, 0) is 35.8 Å². The third kappa shape index (κ3) is 3.67. The number of benzene rings is 2. The molecule has 0 radical (unpaired) electrons. The molecule has 0 aliphatic carbocycles. The number of carboxylic acids is 1. The van der Waals surface area contributed by atoms with Crippen LogP contribution in [-0.2, 0) is 4.79 Å². The van der Waals surface area contributed by atoms with E-state index in [0.29, 0.717) is 23.7 Å². The number of methoxy groups -OCH3 is 1. The molecule has 0 aliphatic rings. The summed E-state index contributed by atoms with van der Waals surface area (Å²) in [6.45, 7) is 2.39. The maximum Gasteiger partial charge on any atom is 0.328 e. The van der Waals surface area contributed by atoms with Gasteiger partial charge in [0.2, 0.25) is 0 Å². The van der Waals surface area contributed by atoms with Crippen LogP contribution in [0.1, 0.15) is 18.1 Å². The van der Waals surface area contributed by atoms with Gasteiger partial charge in [0.1, 0.15) is 0 Å². The third-order valence-corrected chi connectivity index (χ3v) is 3.13. The van der Waals surface area contributed by atoms with Crippen molar-refractivity contribution < 1.29 is 19.4 Å². The molecule has 0 aromatic heterocycles. The van der Waals surface area contributed by atoms with Gasteiger partial charge in [0.15, 0.2) is 11.5 Å². The van der Waals surface area contributed by atoms with E-state index in [-0.39, 0.29) is 0 Å². The average molecular weight is 298 g/mol. The Morgan fingerprint density at radius 1 is 1.09 bits per heavy atom. The topological polar surface area (TPSA) is 55.8 Å². The van der Waals surface area contributed by atoms with Crippen molar-refractivity contribution in [2.75, 3.05) is 13.7 Å². The summed E-state index contributed by atoms with van der Waals surface area (Å²) in [7, 11) is 1.57. The van der Waals surface area contributed by atoms with E-state index in [4.69, 9.17) is 14.6 Å². The predicted molar refractivity (Wildman–Crippen MR) is 85.3 cm³/mol. The molecule has 2 rings (SSSR count). The molecule has 0 saturated carbocycles. The quantitative estimate of drug-likeness (QED) is 0.828. The first-order valence-corrected chi connectivity index (χ1v) is 6.97. The molecule has 0 saturated heterocycles. The van der Waals surface area contributed by atoms with Crippen molar-refractivity contribution in [3.63, 3.8) is 0 Å². The van der Waals surface area contributed by atoms with Crippen LogP contribution >= 0.6 is 0 Å². The molecule has 114 valence electrons. The lowest BCUT2D eigenvalue weighted by atomic mass is 9.97. The molecule has 1 N–H and O–H groups in total. The molecule has 4 nitrogen and oxygen atoms in total. The number of carboxylic acid groups (broad SMARTS) is 1. The number of aliphatic carboxylic acids is 1. The first-order chi connectivity index (χ1) is 10.7. The molecule has 0 amide bonds. The monoisotopic (exact) mass is 298 g/mol. The molecule has 0 fully saturated rings. The molecule has 2 aromatic carbocycles. The van der Waals surface area contributed by atoms with Crippen LogP contribution in [0.25, 0.3) is 5.57 Å². The van der Waals surface area contributed by atoms with Crippen molar-refractivity contribution in [2.45, 2.75) is 6.92 Å². The van der Waals surface area contributed by atoms with Crippen molar-refractivity contribution in [2.24, 2.45) is 0 Å². The number of rotatable bonds is 6. The predicted octanol–water partition coefficient (Wildman–Crippen LogP) is 3.61. The molecule has 22 heavy (non-hydrogen) atoms. The van der Waals surface area contributed by atoms with Crippen molar-refractivity contribution in [1.29, 1.82) is 0 Å². The highest BCUT2D eigenvalue weighted by Crippen LogP contribution is 2.33. The van der Waals surface area contributed by atoms with E-state index >= 15 is 0 Å². The number of ether oxygens (including phenoxy) is 2. The van der Waals surface area contributed by atoms with Crippen LogP contribution in [0.5, 0.6) is 11.5 Å². The smallest absolute Gasteiger partial charge is 0.328 e. The fourth-order valence-corrected chi connectivity index (χ4v) is 2.19. The molecule has 0 heterocycles. The maximum absolute atomic E-state index is 11.2. The summed E-state index contributed by atoms with van der Waals surface area (Å²) in [5.41, 5.74) is 2.21. The minimum absolute atomic E-state index is 0.503. The zero-order chi connectivity index (χ0) is 15.9. The molecular formula is C18H18O4. The van der Waals surface area contributed by atoms with Gasteiger partial charge >= 0.3 is 5.97 Å². The number of carbonyl (C=O) groups is 1. The second-order valence-electron chi connectivity index (χ2n) is 4.56. The third-order valence-electron chi connectivity index (χ3n) is 3.13. The average Bonchev–Trinajstić information content (AvgIpc) is 2.53. The highest BCUT2D eigenvalue weighted by Gasteiger charge is 2.11. The molecule has 0 aliphatic heterocycles. The Morgan fingerprint density at radius 2 is 1.82 bits per heavy atom. The fourth-order valence-electron chi connectivity index (χ4n) is 2.19. The van der Waals surface area contributed by atoms with Gasteiger partial charge in [0.25, 0.3) is 0 Å². The highest BCUT2D eigenvalue weighted by molar-refractivity contribution is 5.95. The van der Waals surface area contributed by atoms with E-state index in [1.165, 1.54) is 6.08 Å². The SMILES string of the molecule is CCOc1cc(C(=CC(=O)O)c2ccccc2)ccc1OC. The van der Waals surface area contributed by atoms with E-state index < -0.39 is 5.97 Å². The summed E-state index contributed by atoms with van der Waals surface area (Å²) >= 11 is 0. The van der Waals surface area contributed by atoms with Gasteiger partial charge in [0, 0.05) is 6.08 Å². The zero-order valence-electron chi connectivity index (χ0n) is 12.6. The Bertz CT molecular complexity index is 675. The number of hydrogen-bond acceptors (Lipinski definition) is 3. The molecular weight excluding hydrogens is 280 g/mol. The van der Waals surface area contributed by atoms with E-state index in [1.807, 2.05) is 43.3 Å². The first-order valence-electron chi connectivity index (χ1n) is 6.97. The van der Waals surface area contributed by atoms with E-state index in [2.05, 4.69) is 0 Å². The molecule has 0 atom stereocenters. The minimum Gasteiger partial charge on any atom is -0.493 e. The lowest BCUT2D eigenvalue weighted by Gasteiger charge is -2.13. The van der Waals surface area contributed by atoms with Crippen molar-refractivity contribution >= 4 is 11.5 Å². The van der Waals surface area contributed by atoms with E-state index in [1.54, 1.807) is 19.2 Å². The van der Waals surface area contributed by atoms with Crippen molar-refractivity contribution in [3.05, 3.63) is 65.7 Å². The lowest BCUT2D eigenvalue weighted by molar-refractivity contribution is -0.131. The van der Waals surface area contributed by atoms with Crippen LogP contribution < -0.4 is 9.47 Å². The van der Waals surface area contributed by atoms with Gasteiger partial charge in [-0.2, -0.15) is 0 Å². The Morgan fingerprint density at radius 3 is 2.41 bits per heavy atom. The lowest BCUT2D eigenvalue weighted by Crippen LogP contribution is -1.98.